The van der Waals surface area contributed by atoms with E-state index >= 15 is 0 Å². The quantitative estimate of drug-likeness (QED) is 0.591. The first-order chi connectivity index (χ1) is 8.77. The highest BCUT2D eigenvalue weighted by Gasteiger charge is 2.32. The van der Waals surface area contributed by atoms with Crippen molar-refractivity contribution in [3.05, 3.63) is 16.1 Å². The van der Waals surface area contributed by atoms with Crippen molar-refractivity contribution in [2.75, 3.05) is 6.61 Å². The second kappa shape index (κ2) is 6.28. The second-order valence-corrected chi connectivity index (χ2v) is 6.43. The van der Waals surface area contributed by atoms with Crippen molar-refractivity contribution < 1.29 is 14.3 Å². The molecule has 0 atom stereocenters. The molecule has 1 aromatic rings. The van der Waals surface area contributed by atoms with Gasteiger partial charge in [-0.25, -0.2) is 9.78 Å². The first kappa shape index (κ1) is 15.8. The van der Waals surface area contributed by atoms with Crippen LogP contribution in [0.1, 0.15) is 61.3 Å². The van der Waals surface area contributed by atoms with Gasteiger partial charge in [0.05, 0.1) is 6.61 Å². The molecule has 106 valence electrons. The number of Topliss-reactive ketones (excluding diaryl/α,β-unsaturated/α-hetero) is 1. The van der Waals surface area contributed by atoms with Crippen LogP contribution in [0.5, 0.6) is 0 Å². The van der Waals surface area contributed by atoms with Crippen LogP contribution in [0.15, 0.2) is 5.38 Å². The van der Waals surface area contributed by atoms with E-state index in [0.29, 0.717) is 17.5 Å². The second-order valence-electron chi connectivity index (χ2n) is 5.57. The lowest BCUT2D eigenvalue weighted by atomic mass is 9.80. The topological polar surface area (TPSA) is 56.3 Å². The Morgan fingerprint density at radius 1 is 1.42 bits per heavy atom. The molecule has 0 fully saturated rings. The van der Waals surface area contributed by atoms with E-state index in [0.717, 1.165) is 6.42 Å². The molecule has 0 aliphatic rings. The number of hydrogen-bond acceptors (Lipinski definition) is 5. The first-order valence-electron chi connectivity index (χ1n) is 6.45. The number of ketones is 1. The highest BCUT2D eigenvalue weighted by Crippen LogP contribution is 2.30. The number of rotatable bonds is 6. The number of esters is 1. The van der Waals surface area contributed by atoms with Crippen LogP contribution in [-0.4, -0.2) is 23.3 Å². The van der Waals surface area contributed by atoms with E-state index in [-0.39, 0.29) is 11.5 Å². The van der Waals surface area contributed by atoms with Gasteiger partial charge >= 0.3 is 5.97 Å². The van der Waals surface area contributed by atoms with Crippen molar-refractivity contribution in [1.82, 2.24) is 4.98 Å². The van der Waals surface area contributed by atoms with Gasteiger partial charge in [-0.2, -0.15) is 0 Å². The molecule has 0 saturated carbocycles. The smallest absolute Gasteiger partial charge is 0.357 e. The average molecular weight is 283 g/mol. The van der Waals surface area contributed by atoms with E-state index in [4.69, 9.17) is 4.74 Å². The van der Waals surface area contributed by atoms with Crippen molar-refractivity contribution in [1.29, 1.82) is 0 Å². The molecule has 1 aromatic heterocycles. The van der Waals surface area contributed by atoms with Gasteiger partial charge in [0.1, 0.15) is 0 Å². The van der Waals surface area contributed by atoms with Crippen LogP contribution >= 0.6 is 11.3 Å². The summed E-state index contributed by atoms with van der Waals surface area (Å²) in [6.07, 6.45) is 0.792. The summed E-state index contributed by atoms with van der Waals surface area (Å²) in [5.74, 6) is -0.0512. The SMILES string of the molecule is CCOC(=O)c1csc(C(=O)C(C)(C)CC(C)C)n1. The minimum atomic E-state index is -0.473. The molecular weight excluding hydrogens is 262 g/mol. The Hall–Kier alpha value is -1.23. The number of aromatic nitrogens is 1. The van der Waals surface area contributed by atoms with E-state index in [9.17, 15) is 9.59 Å². The van der Waals surface area contributed by atoms with E-state index in [2.05, 4.69) is 18.8 Å². The number of carbonyl (C=O) groups excluding carboxylic acids is 2. The Labute approximate surface area is 118 Å². The van der Waals surface area contributed by atoms with E-state index in [1.54, 1.807) is 12.3 Å². The normalized spacial score (nSPS) is 11.7. The zero-order chi connectivity index (χ0) is 14.6. The fourth-order valence-corrected chi connectivity index (χ4v) is 2.99. The molecule has 0 saturated heterocycles. The Balaban J connectivity index is 2.86. The highest BCUT2D eigenvalue weighted by atomic mass is 32.1. The minimum absolute atomic E-state index is 0.0123. The number of hydrogen-bond donors (Lipinski definition) is 0. The predicted molar refractivity (Wildman–Crippen MR) is 75.6 cm³/mol. The van der Waals surface area contributed by atoms with Crippen molar-refractivity contribution >= 4 is 23.1 Å². The maximum Gasteiger partial charge on any atom is 0.357 e. The number of nitrogens with zero attached hydrogens (tertiary/aromatic N) is 1. The number of carbonyl (C=O) groups is 2. The third kappa shape index (κ3) is 4.13. The molecule has 0 bridgehead atoms. The summed E-state index contributed by atoms with van der Waals surface area (Å²) < 4.78 is 4.87. The molecule has 0 spiro atoms. The molecule has 4 nitrogen and oxygen atoms in total. The van der Waals surface area contributed by atoms with Crippen LogP contribution < -0.4 is 0 Å². The lowest BCUT2D eigenvalue weighted by Gasteiger charge is -2.23. The minimum Gasteiger partial charge on any atom is -0.461 e. The highest BCUT2D eigenvalue weighted by molar-refractivity contribution is 7.12. The van der Waals surface area contributed by atoms with Crippen molar-refractivity contribution in [3.8, 4) is 0 Å². The Morgan fingerprint density at radius 3 is 2.58 bits per heavy atom. The molecule has 1 rings (SSSR count). The Bertz CT molecular complexity index is 463. The molecule has 0 N–H and O–H groups in total. The molecule has 5 heteroatoms. The molecule has 0 radical (unpaired) electrons. The van der Waals surface area contributed by atoms with Crippen LogP contribution in [0, 0.1) is 11.3 Å². The van der Waals surface area contributed by atoms with E-state index in [1.165, 1.54) is 11.3 Å². The van der Waals surface area contributed by atoms with Gasteiger partial charge in [-0.15, -0.1) is 11.3 Å². The van der Waals surface area contributed by atoms with Crippen LogP contribution in [0.3, 0.4) is 0 Å². The molecule has 0 amide bonds. The van der Waals surface area contributed by atoms with Crippen molar-refractivity contribution in [2.45, 2.75) is 41.0 Å². The summed E-state index contributed by atoms with van der Waals surface area (Å²) >= 11 is 1.20. The summed E-state index contributed by atoms with van der Waals surface area (Å²) in [6, 6.07) is 0. The van der Waals surface area contributed by atoms with Gasteiger partial charge in [-0.1, -0.05) is 27.7 Å². The first-order valence-corrected chi connectivity index (χ1v) is 7.33. The van der Waals surface area contributed by atoms with Crippen LogP contribution in [0.25, 0.3) is 0 Å². The Kier molecular flexibility index (Phi) is 5.23. The van der Waals surface area contributed by atoms with Crippen LogP contribution in [-0.2, 0) is 4.74 Å². The van der Waals surface area contributed by atoms with Crippen LogP contribution in [0.2, 0.25) is 0 Å². The average Bonchev–Trinajstić information content (AvgIpc) is 2.75. The maximum absolute atomic E-state index is 12.4. The summed E-state index contributed by atoms with van der Waals surface area (Å²) in [5.41, 5.74) is -0.242. The van der Waals surface area contributed by atoms with Crippen LogP contribution in [0.4, 0.5) is 0 Å². The zero-order valence-electron chi connectivity index (χ0n) is 12.1. The van der Waals surface area contributed by atoms with E-state index in [1.807, 2.05) is 13.8 Å². The molecule has 0 aliphatic carbocycles. The molecule has 0 unspecified atom stereocenters. The largest absolute Gasteiger partial charge is 0.461 e. The number of ether oxygens (including phenoxy) is 1. The summed E-state index contributed by atoms with van der Waals surface area (Å²) in [6.45, 7) is 10.0. The van der Waals surface area contributed by atoms with Gasteiger partial charge in [0, 0.05) is 10.8 Å². The number of thiazole rings is 1. The monoisotopic (exact) mass is 283 g/mol. The van der Waals surface area contributed by atoms with E-state index < -0.39 is 11.4 Å². The van der Waals surface area contributed by atoms with Gasteiger partial charge in [-0.3, -0.25) is 4.79 Å². The summed E-state index contributed by atoms with van der Waals surface area (Å²) in [7, 11) is 0. The van der Waals surface area contributed by atoms with Gasteiger partial charge in [-0.05, 0) is 19.3 Å². The molecule has 19 heavy (non-hydrogen) atoms. The molecule has 0 aliphatic heterocycles. The third-order valence-corrected chi connectivity index (χ3v) is 3.56. The zero-order valence-corrected chi connectivity index (χ0v) is 13.0. The van der Waals surface area contributed by atoms with Gasteiger partial charge in [0.2, 0.25) is 0 Å². The van der Waals surface area contributed by atoms with Crippen molar-refractivity contribution in [2.24, 2.45) is 11.3 Å². The van der Waals surface area contributed by atoms with Gasteiger partial charge in [0.15, 0.2) is 16.5 Å². The predicted octanol–water partition coefficient (Wildman–Crippen LogP) is 3.57. The fraction of sp³-hybridized carbons (Fsp3) is 0.643. The standard InChI is InChI=1S/C14H21NO3S/c1-6-18-13(17)10-8-19-12(15-10)11(16)14(4,5)7-9(2)3/h8-9H,6-7H2,1-5H3. The lowest BCUT2D eigenvalue weighted by Crippen LogP contribution is -2.26. The van der Waals surface area contributed by atoms with Gasteiger partial charge < -0.3 is 4.74 Å². The van der Waals surface area contributed by atoms with Crippen molar-refractivity contribution in [3.63, 3.8) is 0 Å². The Morgan fingerprint density at radius 2 is 2.05 bits per heavy atom. The lowest BCUT2D eigenvalue weighted by molar-refractivity contribution is 0.0520. The molecule has 0 aromatic carbocycles. The van der Waals surface area contributed by atoms with Gasteiger partial charge in [0.25, 0.3) is 0 Å². The summed E-state index contributed by atoms with van der Waals surface area (Å²) in [5, 5.41) is 1.96. The maximum atomic E-state index is 12.4. The molecular formula is C14H21NO3S. The third-order valence-electron chi connectivity index (χ3n) is 2.72. The molecule has 1 heterocycles. The summed E-state index contributed by atoms with van der Waals surface area (Å²) in [4.78, 5) is 28.0. The fourth-order valence-electron chi connectivity index (χ4n) is 2.08.